The van der Waals surface area contributed by atoms with Gasteiger partial charge in [0, 0.05) is 41.8 Å². The molecule has 0 aliphatic heterocycles. The zero-order valence-corrected chi connectivity index (χ0v) is 18.9. The Morgan fingerprint density at radius 2 is 1.94 bits per heavy atom. The van der Waals surface area contributed by atoms with Gasteiger partial charge in [-0.15, -0.1) is 0 Å². The van der Waals surface area contributed by atoms with Gasteiger partial charge in [-0.3, -0.25) is 9.59 Å². The predicted molar refractivity (Wildman–Crippen MR) is 124 cm³/mol. The van der Waals surface area contributed by atoms with Crippen molar-refractivity contribution in [1.29, 1.82) is 5.26 Å². The zero-order valence-electron chi connectivity index (χ0n) is 18.1. The fourth-order valence-electron chi connectivity index (χ4n) is 3.24. The number of pyridine rings is 2. The van der Waals surface area contributed by atoms with Gasteiger partial charge < -0.3 is 15.2 Å². The first-order valence-electron chi connectivity index (χ1n) is 9.87. The van der Waals surface area contributed by atoms with Crippen LogP contribution < -0.4 is 16.2 Å². The molecule has 0 saturated heterocycles. The molecule has 0 bridgehead atoms. The maximum atomic E-state index is 12.4. The van der Waals surface area contributed by atoms with E-state index in [4.69, 9.17) is 11.6 Å². The standard InChI is InChI=1S/C23H24ClN5O2/c1-6-20(30)18-10-16(15(12-25)22(24)27-18)26-13-7-8-19-14(9-13)17(28-23(2,3)4)11-21(31)29(19)5/h7-11,28H,6H2,1-5H3,(H,26,27). The minimum atomic E-state index is -0.245. The second kappa shape index (κ2) is 8.40. The molecule has 2 heterocycles. The van der Waals surface area contributed by atoms with Gasteiger partial charge in [-0.25, -0.2) is 4.98 Å². The highest BCUT2D eigenvalue weighted by atomic mass is 35.5. The molecule has 2 aromatic heterocycles. The second-order valence-corrected chi connectivity index (χ2v) is 8.65. The first-order valence-corrected chi connectivity index (χ1v) is 10.2. The fraction of sp³-hybridized carbons (Fsp3) is 0.304. The van der Waals surface area contributed by atoms with E-state index in [0.717, 1.165) is 10.9 Å². The molecule has 0 fully saturated rings. The van der Waals surface area contributed by atoms with Crippen molar-refractivity contribution in [2.45, 2.75) is 39.7 Å². The maximum absolute atomic E-state index is 12.4. The van der Waals surface area contributed by atoms with Crippen LogP contribution in [0.5, 0.6) is 0 Å². The van der Waals surface area contributed by atoms with Gasteiger partial charge in [0.25, 0.3) is 5.56 Å². The van der Waals surface area contributed by atoms with Gasteiger partial charge >= 0.3 is 0 Å². The molecular formula is C23H24ClN5O2. The summed E-state index contributed by atoms with van der Waals surface area (Å²) in [5, 5.41) is 16.9. The fourth-order valence-corrected chi connectivity index (χ4v) is 3.48. The first-order chi connectivity index (χ1) is 14.5. The third-order valence-electron chi connectivity index (χ3n) is 4.73. The number of nitrogens with zero attached hydrogens (tertiary/aromatic N) is 3. The number of aryl methyl sites for hydroxylation is 1. The summed E-state index contributed by atoms with van der Waals surface area (Å²) in [5.74, 6) is -0.167. The lowest BCUT2D eigenvalue weighted by atomic mass is 10.1. The number of ketones is 1. The third-order valence-corrected chi connectivity index (χ3v) is 5.00. The quantitative estimate of drug-likeness (QED) is 0.430. The molecule has 8 heteroatoms. The Balaban J connectivity index is 2.15. The van der Waals surface area contributed by atoms with E-state index in [1.807, 2.05) is 39.0 Å². The smallest absolute Gasteiger partial charge is 0.252 e. The van der Waals surface area contributed by atoms with E-state index in [0.29, 0.717) is 17.1 Å². The summed E-state index contributed by atoms with van der Waals surface area (Å²) >= 11 is 6.16. The van der Waals surface area contributed by atoms with Gasteiger partial charge in [0.15, 0.2) is 5.78 Å². The highest BCUT2D eigenvalue weighted by Gasteiger charge is 2.17. The number of aromatic nitrogens is 2. The number of rotatable bonds is 5. The van der Waals surface area contributed by atoms with E-state index < -0.39 is 0 Å². The summed E-state index contributed by atoms with van der Waals surface area (Å²) in [4.78, 5) is 28.6. The van der Waals surface area contributed by atoms with Crippen molar-refractivity contribution in [3.63, 3.8) is 0 Å². The van der Waals surface area contributed by atoms with Crippen LogP contribution >= 0.6 is 11.6 Å². The van der Waals surface area contributed by atoms with Crippen LogP contribution in [0.1, 0.15) is 50.2 Å². The molecule has 0 aliphatic rings. The van der Waals surface area contributed by atoms with Crippen LogP contribution in [-0.4, -0.2) is 20.9 Å². The average Bonchev–Trinajstić information content (AvgIpc) is 2.70. The molecular weight excluding hydrogens is 414 g/mol. The van der Waals surface area contributed by atoms with E-state index in [2.05, 4.69) is 15.6 Å². The van der Waals surface area contributed by atoms with Crippen molar-refractivity contribution in [3.8, 4) is 6.07 Å². The van der Waals surface area contributed by atoms with Gasteiger partial charge in [0.05, 0.1) is 11.2 Å². The van der Waals surface area contributed by atoms with Gasteiger partial charge in [-0.1, -0.05) is 18.5 Å². The number of nitriles is 1. The zero-order chi connectivity index (χ0) is 22.9. The number of fused-ring (bicyclic) bond motifs is 1. The van der Waals surface area contributed by atoms with Crippen LogP contribution in [0.25, 0.3) is 10.9 Å². The monoisotopic (exact) mass is 437 g/mol. The highest BCUT2D eigenvalue weighted by molar-refractivity contribution is 6.31. The molecule has 0 unspecified atom stereocenters. The Bertz CT molecular complexity index is 1280. The van der Waals surface area contributed by atoms with Crippen molar-refractivity contribution >= 4 is 45.3 Å². The number of halogens is 1. The molecule has 0 atom stereocenters. The number of carbonyl (C=O) groups is 1. The maximum Gasteiger partial charge on any atom is 0.252 e. The number of hydrogen-bond donors (Lipinski definition) is 2. The molecule has 0 saturated carbocycles. The van der Waals surface area contributed by atoms with E-state index >= 15 is 0 Å². The summed E-state index contributed by atoms with van der Waals surface area (Å²) in [7, 11) is 1.72. The van der Waals surface area contributed by atoms with Gasteiger partial charge in [0.2, 0.25) is 0 Å². The number of hydrogen-bond acceptors (Lipinski definition) is 6. The normalized spacial score (nSPS) is 11.3. The summed E-state index contributed by atoms with van der Waals surface area (Å²) in [6.07, 6.45) is 0.278. The number of Topliss-reactive ketones (excluding diaryl/α,β-unsaturated/α-hetero) is 1. The van der Waals surface area contributed by atoms with Crippen molar-refractivity contribution in [1.82, 2.24) is 9.55 Å². The van der Waals surface area contributed by atoms with Gasteiger partial charge in [0.1, 0.15) is 22.5 Å². The summed E-state index contributed by atoms with van der Waals surface area (Å²) in [6.45, 7) is 7.79. The van der Waals surface area contributed by atoms with Crippen LogP contribution in [0, 0.1) is 11.3 Å². The van der Waals surface area contributed by atoms with Crippen molar-refractivity contribution < 1.29 is 4.79 Å². The van der Waals surface area contributed by atoms with E-state index in [1.54, 1.807) is 30.7 Å². The van der Waals surface area contributed by atoms with Crippen LogP contribution in [0.15, 0.2) is 35.1 Å². The molecule has 3 rings (SSSR count). The second-order valence-electron chi connectivity index (χ2n) is 8.30. The first kappa shape index (κ1) is 22.3. The molecule has 0 amide bonds. The van der Waals surface area contributed by atoms with Gasteiger partial charge in [-0.05, 0) is 45.0 Å². The Morgan fingerprint density at radius 3 is 2.55 bits per heavy atom. The number of anilines is 3. The van der Waals surface area contributed by atoms with Crippen LogP contribution in [-0.2, 0) is 7.05 Å². The Kier molecular flexibility index (Phi) is 6.05. The number of benzene rings is 1. The Labute approximate surface area is 185 Å². The summed E-state index contributed by atoms with van der Waals surface area (Å²) in [6, 6.07) is 10.7. The molecule has 31 heavy (non-hydrogen) atoms. The number of carbonyl (C=O) groups excluding carboxylic acids is 1. The number of nitrogens with one attached hydrogen (secondary N) is 2. The topological polar surface area (TPSA) is 99.8 Å². The highest BCUT2D eigenvalue weighted by Crippen LogP contribution is 2.31. The SMILES string of the molecule is CCC(=O)c1cc(Nc2ccc3c(c2)c(NC(C)(C)C)cc(=O)n3C)c(C#N)c(Cl)n1. The van der Waals surface area contributed by atoms with E-state index in [1.165, 1.54) is 6.07 Å². The average molecular weight is 438 g/mol. The largest absolute Gasteiger partial charge is 0.380 e. The lowest BCUT2D eigenvalue weighted by Gasteiger charge is -2.24. The molecule has 0 spiro atoms. The van der Waals surface area contributed by atoms with Crippen LogP contribution in [0.4, 0.5) is 17.1 Å². The van der Waals surface area contributed by atoms with Crippen molar-refractivity contribution in [2.24, 2.45) is 7.05 Å². The lowest BCUT2D eigenvalue weighted by molar-refractivity contribution is 0.0983. The molecule has 7 nitrogen and oxygen atoms in total. The third kappa shape index (κ3) is 4.70. The minimum Gasteiger partial charge on any atom is -0.380 e. The summed E-state index contributed by atoms with van der Waals surface area (Å²) < 4.78 is 1.58. The van der Waals surface area contributed by atoms with Crippen LogP contribution in [0.3, 0.4) is 0 Å². The van der Waals surface area contributed by atoms with Crippen molar-refractivity contribution in [3.05, 3.63) is 57.1 Å². The summed E-state index contributed by atoms with van der Waals surface area (Å²) in [5.41, 5.74) is 2.55. The Hall–Kier alpha value is -3.37. The molecule has 1 aromatic carbocycles. The van der Waals surface area contributed by atoms with E-state index in [9.17, 15) is 14.9 Å². The van der Waals surface area contributed by atoms with Crippen molar-refractivity contribution in [2.75, 3.05) is 10.6 Å². The molecule has 0 aliphatic carbocycles. The predicted octanol–water partition coefficient (Wildman–Crippen LogP) is 5.01. The molecule has 2 N–H and O–H groups in total. The Morgan fingerprint density at radius 1 is 1.23 bits per heavy atom. The molecule has 3 aromatic rings. The van der Waals surface area contributed by atoms with Gasteiger partial charge in [-0.2, -0.15) is 5.26 Å². The minimum absolute atomic E-state index is 0.0254. The molecule has 160 valence electrons. The molecule has 0 radical (unpaired) electrons. The lowest BCUT2D eigenvalue weighted by Crippen LogP contribution is -2.28. The van der Waals surface area contributed by atoms with E-state index in [-0.39, 0.29) is 39.7 Å². The van der Waals surface area contributed by atoms with Crippen LogP contribution in [0.2, 0.25) is 5.15 Å².